The van der Waals surface area contributed by atoms with Gasteiger partial charge in [0, 0.05) is 0 Å². The van der Waals surface area contributed by atoms with Crippen molar-refractivity contribution < 1.29 is 28.6 Å². The number of methoxy groups -OCH3 is 1. The van der Waals surface area contributed by atoms with Crippen molar-refractivity contribution in [1.82, 2.24) is 10.4 Å². The van der Waals surface area contributed by atoms with Gasteiger partial charge in [-0.05, 0) is 53.5 Å². The minimum Gasteiger partial charge on any atom is -0.464 e. The molecule has 0 aliphatic heterocycles. The van der Waals surface area contributed by atoms with E-state index in [1.165, 1.54) is 13.2 Å². The molecule has 0 fully saturated rings. The monoisotopic (exact) mass is 358 g/mol. The van der Waals surface area contributed by atoms with Crippen molar-refractivity contribution in [2.75, 3.05) is 7.11 Å². The molecule has 0 saturated heterocycles. The lowest BCUT2D eigenvalue weighted by molar-refractivity contribution is -0.138. The molecule has 0 unspecified atom stereocenters. The number of rotatable bonds is 3. The van der Waals surface area contributed by atoms with Gasteiger partial charge < -0.3 is 14.2 Å². The molecule has 25 heavy (non-hydrogen) atoms. The van der Waals surface area contributed by atoms with Crippen molar-refractivity contribution in [3.8, 4) is 0 Å². The first kappa shape index (κ1) is 22.8. The number of esters is 1. The molecule has 0 saturated carbocycles. The van der Waals surface area contributed by atoms with Crippen LogP contribution in [-0.2, 0) is 19.0 Å². The molecule has 0 spiro atoms. The molecule has 0 heterocycles. The van der Waals surface area contributed by atoms with Crippen LogP contribution >= 0.6 is 0 Å². The zero-order valence-corrected chi connectivity index (χ0v) is 16.6. The molecule has 144 valence electrons. The number of ether oxygens (including phenoxy) is 3. The molecular weight excluding hydrogens is 328 g/mol. The van der Waals surface area contributed by atoms with Gasteiger partial charge in [-0.1, -0.05) is 13.8 Å². The molecule has 0 aliphatic carbocycles. The van der Waals surface area contributed by atoms with Gasteiger partial charge in [-0.15, -0.1) is 0 Å². The molecule has 0 bridgehead atoms. The quantitative estimate of drug-likeness (QED) is 0.360. The minimum absolute atomic E-state index is 0.0977. The van der Waals surface area contributed by atoms with E-state index < -0.39 is 29.4 Å². The molecule has 8 nitrogen and oxygen atoms in total. The van der Waals surface area contributed by atoms with E-state index in [1.54, 1.807) is 41.5 Å². The maximum Gasteiger partial charge on any atom is 0.434 e. The summed E-state index contributed by atoms with van der Waals surface area (Å²) in [4.78, 5) is 36.7. The lowest BCUT2D eigenvalue weighted by atomic mass is 10.2. The lowest BCUT2D eigenvalue weighted by Gasteiger charge is -2.29. The Hall–Kier alpha value is -2.25. The average molecular weight is 358 g/mol. The average Bonchev–Trinajstić information content (AvgIpc) is 2.37. The Balaban J connectivity index is 5.75. The van der Waals surface area contributed by atoms with Crippen LogP contribution in [0.4, 0.5) is 9.59 Å². The van der Waals surface area contributed by atoms with Crippen LogP contribution < -0.4 is 5.43 Å². The highest BCUT2D eigenvalue weighted by Gasteiger charge is 2.32. The van der Waals surface area contributed by atoms with Crippen LogP contribution in [0.1, 0.15) is 55.4 Å². The molecule has 8 heteroatoms. The largest absolute Gasteiger partial charge is 0.464 e. The van der Waals surface area contributed by atoms with E-state index in [0.717, 1.165) is 0 Å². The fourth-order valence-corrected chi connectivity index (χ4v) is 1.56. The fraction of sp³-hybridized carbons (Fsp3) is 0.706. The number of hydrogen-bond acceptors (Lipinski definition) is 6. The van der Waals surface area contributed by atoms with Gasteiger partial charge in [0.15, 0.2) is 5.70 Å². The van der Waals surface area contributed by atoms with Gasteiger partial charge in [0.05, 0.1) is 7.11 Å². The molecule has 0 aromatic carbocycles. The first-order valence-electron chi connectivity index (χ1n) is 7.99. The Kier molecular flexibility index (Phi) is 7.95. The maximum absolute atomic E-state index is 12.5. The number of allylic oxidation sites excluding steroid dienone is 1. The summed E-state index contributed by atoms with van der Waals surface area (Å²) in [7, 11) is 1.18. The Morgan fingerprint density at radius 3 is 1.80 bits per heavy atom. The minimum atomic E-state index is -0.935. The second-order valence-corrected chi connectivity index (χ2v) is 7.72. The molecular formula is C17H30N2O6. The van der Waals surface area contributed by atoms with Gasteiger partial charge in [0.25, 0.3) is 0 Å². The molecule has 2 amide bonds. The summed E-state index contributed by atoms with van der Waals surface area (Å²) < 4.78 is 15.1. The Bertz CT molecular complexity index is 526. The van der Waals surface area contributed by atoms with E-state index in [4.69, 9.17) is 14.2 Å². The molecule has 0 radical (unpaired) electrons. The molecule has 0 atom stereocenters. The van der Waals surface area contributed by atoms with Crippen LogP contribution in [0, 0.1) is 5.92 Å². The SMILES string of the molecule is COC(=O)/C(=C\C(C)C)N(NC(=O)OC(C)(C)C)C(=O)OC(C)(C)C. The number of hydrazine groups is 1. The van der Waals surface area contributed by atoms with Gasteiger partial charge >= 0.3 is 18.2 Å². The third kappa shape index (κ3) is 9.59. The molecule has 0 aliphatic rings. The van der Waals surface area contributed by atoms with E-state index in [1.807, 2.05) is 13.8 Å². The molecule has 0 aromatic rings. The normalized spacial score (nSPS) is 12.5. The van der Waals surface area contributed by atoms with Gasteiger partial charge in [-0.2, -0.15) is 5.01 Å². The zero-order chi connectivity index (χ0) is 20.0. The highest BCUT2D eigenvalue weighted by Crippen LogP contribution is 2.16. The van der Waals surface area contributed by atoms with Crippen molar-refractivity contribution >= 4 is 18.2 Å². The van der Waals surface area contributed by atoms with Gasteiger partial charge in [0.1, 0.15) is 11.2 Å². The summed E-state index contributed by atoms with van der Waals surface area (Å²) in [6.07, 6.45) is -0.361. The number of amides is 2. The van der Waals surface area contributed by atoms with Crippen LogP contribution in [0.5, 0.6) is 0 Å². The Morgan fingerprint density at radius 1 is 0.960 bits per heavy atom. The predicted molar refractivity (Wildman–Crippen MR) is 92.4 cm³/mol. The van der Waals surface area contributed by atoms with E-state index in [0.29, 0.717) is 5.01 Å². The smallest absolute Gasteiger partial charge is 0.434 e. The lowest BCUT2D eigenvalue weighted by Crippen LogP contribution is -2.50. The second kappa shape index (κ2) is 8.73. The third-order valence-corrected chi connectivity index (χ3v) is 2.30. The number of nitrogens with zero attached hydrogens (tertiary/aromatic N) is 1. The van der Waals surface area contributed by atoms with Crippen molar-refractivity contribution in [1.29, 1.82) is 0 Å². The van der Waals surface area contributed by atoms with Crippen LogP contribution in [0.25, 0.3) is 0 Å². The topological polar surface area (TPSA) is 94.2 Å². The second-order valence-electron chi connectivity index (χ2n) is 7.72. The summed E-state index contributed by atoms with van der Waals surface area (Å²) in [6.45, 7) is 13.6. The predicted octanol–water partition coefficient (Wildman–Crippen LogP) is 3.38. The van der Waals surface area contributed by atoms with E-state index in [-0.39, 0.29) is 11.6 Å². The number of nitrogens with one attached hydrogen (secondary N) is 1. The van der Waals surface area contributed by atoms with Crippen LogP contribution in [0.2, 0.25) is 0 Å². The summed E-state index contributed by atoms with van der Waals surface area (Å²) in [5.41, 5.74) is 0.466. The van der Waals surface area contributed by atoms with Crippen molar-refractivity contribution in [2.24, 2.45) is 5.92 Å². The highest BCUT2D eigenvalue weighted by molar-refractivity contribution is 5.93. The van der Waals surface area contributed by atoms with E-state index in [2.05, 4.69) is 5.43 Å². The van der Waals surface area contributed by atoms with Gasteiger partial charge in [-0.25, -0.2) is 19.8 Å². The zero-order valence-electron chi connectivity index (χ0n) is 16.6. The van der Waals surface area contributed by atoms with Crippen LogP contribution in [-0.4, -0.2) is 41.5 Å². The Morgan fingerprint density at radius 2 is 1.44 bits per heavy atom. The first-order chi connectivity index (χ1) is 11.2. The molecule has 0 rings (SSSR count). The van der Waals surface area contributed by atoms with Crippen molar-refractivity contribution in [3.63, 3.8) is 0 Å². The third-order valence-electron chi connectivity index (χ3n) is 2.30. The number of hydrogen-bond donors (Lipinski definition) is 1. The number of carbonyl (C=O) groups is 3. The van der Waals surface area contributed by atoms with Crippen LogP contribution in [0.3, 0.4) is 0 Å². The number of carbonyl (C=O) groups excluding carboxylic acids is 3. The van der Waals surface area contributed by atoms with Crippen molar-refractivity contribution in [3.05, 3.63) is 11.8 Å². The van der Waals surface area contributed by atoms with Gasteiger partial charge in [-0.3, -0.25) is 0 Å². The van der Waals surface area contributed by atoms with Crippen molar-refractivity contribution in [2.45, 2.75) is 66.6 Å². The van der Waals surface area contributed by atoms with E-state index in [9.17, 15) is 14.4 Å². The van der Waals surface area contributed by atoms with Crippen LogP contribution in [0.15, 0.2) is 11.8 Å². The summed E-state index contributed by atoms with van der Waals surface area (Å²) in [6, 6.07) is 0. The van der Waals surface area contributed by atoms with Gasteiger partial charge in [0.2, 0.25) is 0 Å². The summed E-state index contributed by atoms with van der Waals surface area (Å²) in [5.74, 6) is -0.893. The first-order valence-corrected chi connectivity index (χ1v) is 7.99. The summed E-state index contributed by atoms with van der Waals surface area (Å²) >= 11 is 0. The van der Waals surface area contributed by atoms with E-state index >= 15 is 0 Å². The molecule has 0 aromatic heterocycles. The fourth-order valence-electron chi connectivity index (χ4n) is 1.56. The highest BCUT2D eigenvalue weighted by atomic mass is 16.6. The standard InChI is InChI=1S/C17H30N2O6/c1-11(2)10-12(13(20)23-9)19(15(22)25-17(6,7)8)18-14(21)24-16(3,4)5/h10-11H,1-9H3,(H,18,21)/b12-10+. The molecule has 1 N–H and O–H groups in total. The Labute approximate surface area is 149 Å². The maximum atomic E-state index is 12.5. The summed E-state index contributed by atoms with van der Waals surface area (Å²) in [5, 5.41) is 0.700.